The number of hydrogen-bond donors (Lipinski definition) is 0. The van der Waals surface area contributed by atoms with Crippen LogP contribution in [0.15, 0.2) is 24.3 Å². The molecule has 1 heterocycles. The average Bonchev–Trinajstić information content (AvgIpc) is 2.38. The maximum Gasteiger partial charge on any atom is 0.0822 e. The zero-order valence-electron chi connectivity index (χ0n) is 10.0. The number of allylic oxidation sites excluding steroid dienone is 1. The molecule has 0 aromatic heterocycles. The molecule has 1 nitrogen and oxygen atoms in total. The Bertz CT molecular complexity index is 305. The molecule has 3 rings (SSSR count). The van der Waals surface area contributed by atoms with E-state index in [2.05, 4.69) is 12.7 Å². The van der Waals surface area contributed by atoms with E-state index in [1.165, 1.54) is 44.9 Å². The van der Waals surface area contributed by atoms with E-state index in [1.807, 2.05) is 6.08 Å². The molecule has 0 N–H and O–H groups in total. The van der Waals surface area contributed by atoms with Crippen molar-refractivity contribution in [1.29, 1.82) is 0 Å². The van der Waals surface area contributed by atoms with Crippen LogP contribution in [0.1, 0.15) is 44.9 Å². The molecule has 0 aromatic rings. The Balaban J connectivity index is 1.89. The lowest BCUT2D eigenvalue weighted by atomic mass is 9.69. The molecule has 0 amide bonds. The van der Waals surface area contributed by atoms with Gasteiger partial charge < -0.3 is 4.74 Å². The van der Waals surface area contributed by atoms with Crippen LogP contribution in [0.4, 0.5) is 0 Å². The summed E-state index contributed by atoms with van der Waals surface area (Å²) in [6, 6.07) is 0. The normalized spacial score (nSPS) is 42.9. The highest BCUT2D eigenvalue weighted by molar-refractivity contribution is 5.22. The molecular weight excluding hydrogens is 196 g/mol. The molecule has 0 unspecified atom stereocenters. The molecule has 4 atom stereocenters. The van der Waals surface area contributed by atoms with Gasteiger partial charge in [0.2, 0.25) is 0 Å². The Labute approximate surface area is 98.6 Å². The number of hydrogen-bond acceptors (Lipinski definition) is 1. The fraction of sp³-hybridized carbons (Fsp3) is 0.733. The molecule has 1 saturated carbocycles. The molecule has 2 aliphatic carbocycles. The van der Waals surface area contributed by atoms with E-state index >= 15 is 0 Å². The van der Waals surface area contributed by atoms with E-state index < -0.39 is 0 Å². The van der Waals surface area contributed by atoms with Crippen LogP contribution in [-0.2, 0) is 4.74 Å². The van der Waals surface area contributed by atoms with E-state index in [0.717, 1.165) is 5.92 Å². The van der Waals surface area contributed by atoms with Gasteiger partial charge >= 0.3 is 0 Å². The van der Waals surface area contributed by atoms with Crippen LogP contribution >= 0.6 is 0 Å². The van der Waals surface area contributed by atoms with Crippen LogP contribution in [0, 0.1) is 11.8 Å². The van der Waals surface area contributed by atoms with Gasteiger partial charge in [-0.25, -0.2) is 0 Å². The highest BCUT2D eigenvalue weighted by Gasteiger charge is 2.41. The van der Waals surface area contributed by atoms with E-state index in [0.29, 0.717) is 18.1 Å². The molecule has 16 heavy (non-hydrogen) atoms. The Morgan fingerprint density at radius 2 is 1.94 bits per heavy atom. The maximum absolute atomic E-state index is 6.25. The van der Waals surface area contributed by atoms with Crippen molar-refractivity contribution in [2.24, 2.45) is 11.8 Å². The van der Waals surface area contributed by atoms with Crippen LogP contribution in [0.3, 0.4) is 0 Å². The smallest absolute Gasteiger partial charge is 0.0822 e. The molecule has 0 bridgehead atoms. The zero-order valence-corrected chi connectivity index (χ0v) is 10.0. The Hall–Kier alpha value is -0.560. The minimum atomic E-state index is 0.297. The summed E-state index contributed by atoms with van der Waals surface area (Å²) >= 11 is 0. The van der Waals surface area contributed by atoms with Gasteiger partial charge in [0, 0.05) is 11.8 Å². The highest BCUT2D eigenvalue weighted by atomic mass is 16.5. The van der Waals surface area contributed by atoms with E-state index in [-0.39, 0.29) is 0 Å². The van der Waals surface area contributed by atoms with E-state index in [1.54, 1.807) is 5.57 Å². The Kier molecular flexibility index (Phi) is 2.89. The standard InChI is InChI=1S/C15H22O/c1-2-14-12-8-4-3-7-11(12)13-9-5-6-10-15(13)16-14/h2,7,12-15H,1,3-6,8-10H2/t12-,13-,14+,15-/m0/s1. The first kappa shape index (κ1) is 10.6. The van der Waals surface area contributed by atoms with Gasteiger partial charge in [-0.15, -0.1) is 6.58 Å². The minimum absolute atomic E-state index is 0.297. The number of ether oxygens (including phenoxy) is 1. The second-order valence-corrected chi connectivity index (χ2v) is 5.51. The lowest BCUT2D eigenvalue weighted by Crippen LogP contribution is -2.44. The Morgan fingerprint density at radius 3 is 2.81 bits per heavy atom. The molecule has 1 saturated heterocycles. The van der Waals surface area contributed by atoms with Crippen LogP contribution in [-0.4, -0.2) is 12.2 Å². The van der Waals surface area contributed by atoms with Crippen molar-refractivity contribution in [1.82, 2.24) is 0 Å². The highest BCUT2D eigenvalue weighted by Crippen LogP contribution is 2.46. The lowest BCUT2D eigenvalue weighted by molar-refractivity contribution is -0.0824. The topological polar surface area (TPSA) is 9.23 Å². The van der Waals surface area contributed by atoms with Crippen LogP contribution in [0.2, 0.25) is 0 Å². The van der Waals surface area contributed by atoms with Gasteiger partial charge in [0.1, 0.15) is 0 Å². The predicted molar refractivity (Wildman–Crippen MR) is 66.2 cm³/mol. The quantitative estimate of drug-likeness (QED) is 0.607. The van der Waals surface area contributed by atoms with Crippen molar-refractivity contribution in [3.05, 3.63) is 24.3 Å². The molecule has 88 valence electrons. The zero-order chi connectivity index (χ0) is 11.0. The summed E-state index contributed by atoms with van der Waals surface area (Å²) in [6.45, 7) is 3.96. The summed E-state index contributed by atoms with van der Waals surface area (Å²) in [5, 5.41) is 0. The van der Waals surface area contributed by atoms with Crippen molar-refractivity contribution in [3.8, 4) is 0 Å². The average molecular weight is 218 g/mol. The molecule has 1 aliphatic heterocycles. The van der Waals surface area contributed by atoms with Crippen LogP contribution in [0.25, 0.3) is 0 Å². The summed E-state index contributed by atoms with van der Waals surface area (Å²) in [6.07, 6.45) is 14.7. The summed E-state index contributed by atoms with van der Waals surface area (Å²) in [5.74, 6) is 1.40. The fourth-order valence-corrected chi connectivity index (χ4v) is 3.86. The summed E-state index contributed by atoms with van der Waals surface area (Å²) in [5.41, 5.74) is 1.73. The second-order valence-electron chi connectivity index (χ2n) is 5.51. The van der Waals surface area contributed by atoms with Crippen LogP contribution in [0.5, 0.6) is 0 Å². The SMILES string of the molecule is C=C[C@H]1O[C@H]2CCCC[C@H]2C2=CCCC[C@@H]21. The first-order valence-corrected chi connectivity index (χ1v) is 6.88. The summed E-state index contributed by atoms with van der Waals surface area (Å²) < 4.78 is 6.25. The van der Waals surface area contributed by atoms with E-state index in [4.69, 9.17) is 4.74 Å². The fourth-order valence-electron chi connectivity index (χ4n) is 3.86. The van der Waals surface area contributed by atoms with Gasteiger partial charge in [0.05, 0.1) is 12.2 Å². The van der Waals surface area contributed by atoms with Gasteiger partial charge in [0.25, 0.3) is 0 Å². The van der Waals surface area contributed by atoms with Crippen molar-refractivity contribution in [2.75, 3.05) is 0 Å². The molecule has 0 spiro atoms. The molecule has 1 heteroatoms. The van der Waals surface area contributed by atoms with Gasteiger partial charge in [-0.3, -0.25) is 0 Å². The van der Waals surface area contributed by atoms with Crippen molar-refractivity contribution in [3.63, 3.8) is 0 Å². The van der Waals surface area contributed by atoms with E-state index in [9.17, 15) is 0 Å². The lowest BCUT2D eigenvalue weighted by Gasteiger charge is -2.46. The Morgan fingerprint density at radius 1 is 1.12 bits per heavy atom. The third-order valence-electron chi connectivity index (χ3n) is 4.62. The third kappa shape index (κ3) is 1.66. The van der Waals surface area contributed by atoms with Gasteiger partial charge in [0.15, 0.2) is 0 Å². The first-order valence-electron chi connectivity index (χ1n) is 6.88. The molecule has 2 fully saturated rings. The summed E-state index contributed by atoms with van der Waals surface area (Å²) in [4.78, 5) is 0. The first-order chi connectivity index (χ1) is 7.90. The number of fused-ring (bicyclic) bond motifs is 3. The largest absolute Gasteiger partial charge is 0.370 e. The minimum Gasteiger partial charge on any atom is -0.370 e. The molecule has 3 aliphatic rings. The van der Waals surface area contributed by atoms with Crippen molar-refractivity contribution in [2.45, 2.75) is 57.2 Å². The monoisotopic (exact) mass is 218 g/mol. The number of rotatable bonds is 1. The van der Waals surface area contributed by atoms with Crippen LogP contribution < -0.4 is 0 Å². The van der Waals surface area contributed by atoms with Gasteiger partial charge in [-0.2, -0.15) is 0 Å². The van der Waals surface area contributed by atoms with Crippen molar-refractivity contribution >= 4 is 0 Å². The molecular formula is C15H22O. The molecule has 0 radical (unpaired) electrons. The third-order valence-corrected chi connectivity index (χ3v) is 4.62. The second kappa shape index (κ2) is 4.37. The predicted octanol–water partition coefficient (Wildman–Crippen LogP) is 3.86. The summed E-state index contributed by atoms with van der Waals surface area (Å²) in [7, 11) is 0. The van der Waals surface area contributed by atoms with Gasteiger partial charge in [-0.05, 0) is 32.1 Å². The maximum atomic E-state index is 6.25. The molecule has 0 aromatic carbocycles. The van der Waals surface area contributed by atoms with Crippen molar-refractivity contribution < 1.29 is 4.74 Å². The van der Waals surface area contributed by atoms with Gasteiger partial charge in [-0.1, -0.05) is 30.6 Å².